The van der Waals surface area contributed by atoms with Gasteiger partial charge in [-0.1, -0.05) is 0 Å². The first-order chi connectivity index (χ1) is 8.11. The predicted molar refractivity (Wildman–Crippen MR) is 50.7 cm³/mol. The molecule has 0 aromatic rings. The fourth-order valence-electron chi connectivity index (χ4n) is 0.938. The predicted octanol–water partition coefficient (Wildman–Crippen LogP) is -0.818. The first-order valence-electron chi connectivity index (χ1n) is 4.63. The first kappa shape index (κ1) is 16.2. The number of carboxylic acids is 2. The number of carboxylic acid groups (broad SMARTS) is 2. The van der Waals surface area contributed by atoms with Crippen LogP contribution in [-0.4, -0.2) is 53.4 Å². The molecule has 0 fully saturated rings. The summed E-state index contributed by atoms with van der Waals surface area (Å²) >= 11 is 0. The van der Waals surface area contributed by atoms with Crippen LogP contribution in [0.3, 0.4) is 0 Å². The van der Waals surface area contributed by atoms with Crippen molar-refractivity contribution in [1.82, 2.24) is 10.6 Å². The van der Waals surface area contributed by atoms with Crippen molar-refractivity contribution in [1.29, 1.82) is 0 Å². The van der Waals surface area contributed by atoms with Gasteiger partial charge in [0.2, 0.25) is 5.91 Å². The average molecular weight is 272 g/mol. The van der Waals surface area contributed by atoms with Crippen molar-refractivity contribution >= 4 is 17.8 Å². The molecule has 0 spiro atoms. The Morgan fingerprint density at radius 2 is 1.72 bits per heavy atom. The van der Waals surface area contributed by atoms with Gasteiger partial charge in [-0.2, -0.15) is 13.2 Å². The van der Waals surface area contributed by atoms with Gasteiger partial charge in [-0.25, -0.2) is 4.79 Å². The standard InChI is InChI=1S/C8H11F3N2O5/c9-8(10,11)3-12-2-5(14)13-4(7(17)18)1-6(15)16/h4,12H,1-3H2,(H,13,14)(H,15,16)(H,17,18). The van der Waals surface area contributed by atoms with Crippen LogP contribution in [0.5, 0.6) is 0 Å². The maximum Gasteiger partial charge on any atom is 0.401 e. The molecule has 0 aliphatic heterocycles. The van der Waals surface area contributed by atoms with E-state index in [0.717, 1.165) is 0 Å². The number of hydrogen-bond acceptors (Lipinski definition) is 4. The highest BCUT2D eigenvalue weighted by atomic mass is 19.4. The molecule has 1 atom stereocenters. The van der Waals surface area contributed by atoms with Crippen molar-refractivity contribution in [3.8, 4) is 0 Å². The molecule has 0 radical (unpaired) electrons. The van der Waals surface area contributed by atoms with Gasteiger partial charge in [0.15, 0.2) is 0 Å². The quantitative estimate of drug-likeness (QED) is 0.481. The third-order valence-corrected chi connectivity index (χ3v) is 1.62. The molecular weight excluding hydrogens is 261 g/mol. The van der Waals surface area contributed by atoms with Crippen LogP contribution < -0.4 is 10.6 Å². The fourth-order valence-corrected chi connectivity index (χ4v) is 0.938. The SMILES string of the molecule is O=C(O)CC(NC(=O)CNCC(F)(F)F)C(=O)O. The van der Waals surface area contributed by atoms with Crippen LogP contribution in [0.15, 0.2) is 0 Å². The molecule has 18 heavy (non-hydrogen) atoms. The lowest BCUT2D eigenvalue weighted by molar-refractivity contribution is -0.147. The lowest BCUT2D eigenvalue weighted by Crippen LogP contribution is -2.46. The molecule has 10 heteroatoms. The molecule has 0 bridgehead atoms. The van der Waals surface area contributed by atoms with Crippen molar-refractivity contribution in [3.05, 3.63) is 0 Å². The molecule has 4 N–H and O–H groups in total. The number of hydrogen-bond donors (Lipinski definition) is 4. The Balaban J connectivity index is 4.11. The minimum absolute atomic E-state index is 0.761. The number of rotatable bonds is 7. The van der Waals surface area contributed by atoms with Crippen molar-refractivity contribution in [2.75, 3.05) is 13.1 Å². The molecule has 0 aromatic carbocycles. The number of amides is 1. The third-order valence-electron chi connectivity index (χ3n) is 1.62. The lowest BCUT2D eigenvalue weighted by atomic mass is 10.2. The monoisotopic (exact) mass is 272 g/mol. The Morgan fingerprint density at radius 3 is 2.11 bits per heavy atom. The molecule has 0 aromatic heterocycles. The summed E-state index contributed by atoms with van der Waals surface area (Å²) in [4.78, 5) is 31.8. The highest BCUT2D eigenvalue weighted by molar-refractivity contribution is 5.87. The second-order valence-corrected chi connectivity index (χ2v) is 3.27. The van der Waals surface area contributed by atoms with Gasteiger partial charge in [-0.3, -0.25) is 9.59 Å². The number of halogens is 3. The van der Waals surface area contributed by atoms with E-state index < -0.39 is 49.6 Å². The van der Waals surface area contributed by atoms with E-state index in [1.54, 1.807) is 10.6 Å². The lowest BCUT2D eigenvalue weighted by Gasteiger charge is -2.13. The highest BCUT2D eigenvalue weighted by Gasteiger charge is 2.27. The molecule has 0 aliphatic carbocycles. The van der Waals surface area contributed by atoms with Crippen LogP contribution in [-0.2, 0) is 14.4 Å². The number of nitrogens with one attached hydrogen (secondary N) is 2. The van der Waals surface area contributed by atoms with Gasteiger partial charge in [0.05, 0.1) is 19.5 Å². The highest BCUT2D eigenvalue weighted by Crippen LogP contribution is 2.11. The van der Waals surface area contributed by atoms with E-state index in [4.69, 9.17) is 10.2 Å². The van der Waals surface area contributed by atoms with E-state index in [9.17, 15) is 27.6 Å². The van der Waals surface area contributed by atoms with Gasteiger partial charge in [-0.05, 0) is 0 Å². The second kappa shape index (κ2) is 6.79. The fraction of sp³-hybridized carbons (Fsp3) is 0.625. The van der Waals surface area contributed by atoms with Gasteiger partial charge in [0, 0.05) is 0 Å². The van der Waals surface area contributed by atoms with Crippen molar-refractivity contribution in [2.24, 2.45) is 0 Å². The summed E-state index contributed by atoms with van der Waals surface area (Å²) in [5.74, 6) is -4.07. The van der Waals surface area contributed by atoms with E-state index >= 15 is 0 Å². The largest absolute Gasteiger partial charge is 0.481 e. The molecule has 1 unspecified atom stereocenters. The van der Waals surface area contributed by atoms with Gasteiger partial charge in [0.25, 0.3) is 0 Å². The Morgan fingerprint density at radius 1 is 1.17 bits per heavy atom. The van der Waals surface area contributed by atoms with Gasteiger partial charge in [-0.15, -0.1) is 0 Å². The minimum Gasteiger partial charge on any atom is -0.481 e. The Hall–Kier alpha value is -1.84. The minimum atomic E-state index is -4.49. The normalized spacial score (nSPS) is 12.8. The van der Waals surface area contributed by atoms with Crippen LogP contribution in [0.2, 0.25) is 0 Å². The first-order valence-corrected chi connectivity index (χ1v) is 4.63. The van der Waals surface area contributed by atoms with Gasteiger partial charge in [0.1, 0.15) is 6.04 Å². The Bertz CT molecular complexity index is 331. The van der Waals surface area contributed by atoms with Crippen LogP contribution in [0.25, 0.3) is 0 Å². The molecule has 0 heterocycles. The molecule has 0 saturated heterocycles. The van der Waals surface area contributed by atoms with Gasteiger partial charge >= 0.3 is 18.1 Å². The summed E-state index contributed by atoms with van der Waals surface area (Å²) in [6.45, 7) is -2.17. The van der Waals surface area contributed by atoms with Crippen molar-refractivity contribution < 1.29 is 37.8 Å². The molecule has 7 nitrogen and oxygen atoms in total. The zero-order chi connectivity index (χ0) is 14.3. The third kappa shape index (κ3) is 8.33. The molecular formula is C8H11F3N2O5. The summed E-state index contributed by atoms with van der Waals surface area (Å²) < 4.78 is 35.1. The molecule has 0 rings (SSSR count). The maximum atomic E-state index is 11.7. The summed E-state index contributed by atoms with van der Waals surface area (Å²) in [5, 5.41) is 20.4. The number of carbonyl (C=O) groups is 3. The molecule has 104 valence electrons. The summed E-state index contributed by atoms with van der Waals surface area (Å²) in [6, 6.07) is -1.68. The summed E-state index contributed by atoms with van der Waals surface area (Å²) in [7, 11) is 0. The molecule has 0 aliphatic rings. The van der Waals surface area contributed by atoms with Crippen LogP contribution >= 0.6 is 0 Å². The van der Waals surface area contributed by atoms with E-state index in [1.807, 2.05) is 0 Å². The molecule has 1 amide bonds. The Labute approximate surface area is 99.0 Å². The van der Waals surface area contributed by atoms with Gasteiger partial charge < -0.3 is 20.8 Å². The topological polar surface area (TPSA) is 116 Å². The number of aliphatic carboxylic acids is 2. The van der Waals surface area contributed by atoms with Crippen LogP contribution in [0.4, 0.5) is 13.2 Å². The summed E-state index contributed by atoms with van der Waals surface area (Å²) in [5.41, 5.74) is 0. The van der Waals surface area contributed by atoms with Crippen molar-refractivity contribution in [2.45, 2.75) is 18.6 Å². The van der Waals surface area contributed by atoms with Crippen molar-refractivity contribution in [3.63, 3.8) is 0 Å². The molecule has 0 saturated carbocycles. The number of carbonyl (C=O) groups excluding carboxylic acids is 1. The van der Waals surface area contributed by atoms with Crippen LogP contribution in [0.1, 0.15) is 6.42 Å². The zero-order valence-electron chi connectivity index (χ0n) is 8.95. The smallest absolute Gasteiger partial charge is 0.401 e. The zero-order valence-corrected chi connectivity index (χ0v) is 8.95. The van der Waals surface area contributed by atoms with E-state index in [2.05, 4.69) is 0 Å². The summed E-state index contributed by atoms with van der Waals surface area (Å²) in [6.07, 6.45) is -5.35. The van der Waals surface area contributed by atoms with E-state index in [0.29, 0.717) is 0 Å². The Kier molecular flexibility index (Phi) is 6.09. The average Bonchev–Trinajstić information content (AvgIpc) is 2.13. The van der Waals surface area contributed by atoms with E-state index in [1.165, 1.54) is 0 Å². The number of alkyl halides is 3. The second-order valence-electron chi connectivity index (χ2n) is 3.27. The maximum absolute atomic E-state index is 11.7. The van der Waals surface area contributed by atoms with Crippen LogP contribution in [0, 0.1) is 0 Å². The van der Waals surface area contributed by atoms with E-state index in [-0.39, 0.29) is 0 Å².